The van der Waals surface area contributed by atoms with Gasteiger partial charge in [0.2, 0.25) is 5.91 Å². The van der Waals surface area contributed by atoms with Crippen LogP contribution >= 0.6 is 11.6 Å². The van der Waals surface area contributed by atoms with Gasteiger partial charge in [-0.3, -0.25) is 14.9 Å². The van der Waals surface area contributed by atoms with E-state index in [9.17, 15) is 14.9 Å². The zero-order chi connectivity index (χ0) is 13.5. The zero-order valence-electron chi connectivity index (χ0n) is 9.90. The minimum Gasteiger partial charge on any atom is -0.325 e. The number of nitro groups is 1. The van der Waals surface area contributed by atoms with Crippen LogP contribution in [0.5, 0.6) is 0 Å². The van der Waals surface area contributed by atoms with Crippen molar-refractivity contribution in [3.05, 3.63) is 33.3 Å². The minimum atomic E-state index is -0.537. The molecule has 7 heteroatoms. The summed E-state index contributed by atoms with van der Waals surface area (Å²) in [5.41, 5.74) is 0.282. The highest BCUT2D eigenvalue weighted by molar-refractivity contribution is 6.33. The van der Waals surface area contributed by atoms with Crippen LogP contribution in [0.3, 0.4) is 0 Å². The second kappa shape index (κ2) is 6.93. The van der Waals surface area contributed by atoms with E-state index in [-0.39, 0.29) is 16.6 Å². The number of carbonyl (C=O) groups excluding carboxylic acids is 1. The molecule has 0 aromatic heterocycles. The van der Waals surface area contributed by atoms with Gasteiger partial charge in [0.25, 0.3) is 5.69 Å². The molecule has 1 aromatic carbocycles. The van der Waals surface area contributed by atoms with E-state index >= 15 is 0 Å². The maximum atomic E-state index is 11.5. The molecule has 98 valence electrons. The van der Waals surface area contributed by atoms with Gasteiger partial charge < -0.3 is 10.6 Å². The van der Waals surface area contributed by atoms with Crippen LogP contribution in [0, 0.1) is 10.1 Å². The smallest absolute Gasteiger partial charge is 0.271 e. The summed E-state index contributed by atoms with van der Waals surface area (Å²) in [5, 5.41) is 16.2. The second-order valence-corrected chi connectivity index (χ2v) is 4.08. The Morgan fingerprint density at radius 3 is 2.78 bits per heavy atom. The van der Waals surface area contributed by atoms with E-state index in [0.717, 1.165) is 6.54 Å². The van der Waals surface area contributed by atoms with Gasteiger partial charge in [0.15, 0.2) is 0 Å². The predicted molar refractivity (Wildman–Crippen MR) is 69.9 cm³/mol. The van der Waals surface area contributed by atoms with Gasteiger partial charge in [-0.2, -0.15) is 0 Å². The van der Waals surface area contributed by atoms with E-state index in [1.54, 1.807) is 0 Å². The van der Waals surface area contributed by atoms with Crippen molar-refractivity contribution in [2.45, 2.75) is 12.8 Å². The Hall–Kier alpha value is -1.66. The number of nitrogens with zero attached hydrogens (tertiary/aromatic N) is 1. The van der Waals surface area contributed by atoms with E-state index in [4.69, 9.17) is 11.6 Å². The molecule has 0 unspecified atom stereocenters. The molecule has 1 amide bonds. The first-order chi connectivity index (χ1) is 8.54. The van der Waals surface area contributed by atoms with Crippen LogP contribution in [0.1, 0.15) is 12.8 Å². The average Bonchev–Trinajstić information content (AvgIpc) is 2.32. The standard InChI is InChI=1S/C11H14ClN3O3/c1-13-6-2-3-11(16)14-10-5-4-8(15(17)18)7-9(10)12/h4-5,7,13H,2-3,6H2,1H3,(H,14,16). The Balaban J connectivity index is 2.62. The molecular weight excluding hydrogens is 258 g/mol. The molecule has 0 radical (unpaired) electrons. The highest BCUT2D eigenvalue weighted by Gasteiger charge is 2.11. The summed E-state index contributed by atoms with van der Waals surface area (Å²) in [6.45, 7) is 0.751. The fourth-order valence-electron chi connectivity index (χ4n) is 1.36. The predicted octanol–water partition coefficient (Wildman–Crippen LogP) is 2.19. The number of carbonyl (C=O) groups is 1. The van der Waals surface area contributed by atoms with Crippen LogP contribution in [0.15, 0.2) is 18.2 Å². The number of non-ortho nitro benzene ring substituents is 1. The molecule has 0 fully saturated rings. The molecule has 1 rings (SSSR count). The highest BCUT2D eigenvalue weighted by Crippen LogP contribution is 2.26. The van der Waals surface area contributed by atoms with Crippen LogP contribution in [-0.2, 0) is 4.79 Å². The van der Waals surface area contributed by atoms with Crippen molar-refractivity contribution in [2.75, 3.05) is 18.9 Å². The Labute approximate surface area is 109 Å². The fourth-order valence-corrected chi connectivity index (χ4v) is 1.58. The maximum absolute atomic E-state index is 11.5. The number of anilines is 1. The summed E-state index contributed by atoms with van der Waals surface area (Å²) in [4.78, 5) is 21.5. The van der Waals surface area contributed by atoms with Gasteiger partial charge in [0, 0.05) is 18.6 Å². The lowest BCUT2D eigenvalue weighted by atomic mass is 10.2. The molecule has 0 aliphatic heterocycles. The van der Waals surface area contributed by atoms with Gasteiger partial charge in [0.1, 0.15) is 0 Å². The zero-order valence-corrected chi connectivity index (χ0v) is 10.7. The SMILES string of the molecule is CNCCCC(=O)Nc1ccc([N+](=O)[O-])cc1Cl. The van der Waals surface area contributed by atoms with Crippen LogP contribution in [0.25, 0.3) is 0 Å². The van der Waals surface area contributed by atoms with Crippen molar-refractivity contribution < 1.29 is 9.72 Å². The number of nitro benzene ring substituents is 1. The number of hydrogen-bond donors (Lipinski definition) is 2. The number of benzene rings is 1. The first-order valence-corrected chi connectivity index (χ1v) is 5.80. The minimum absolute atomic E-state index is 0.104. The molecule has 0 spiro atoms. The van der Waals surface area contributed by atoms with E-state index in [0.29, 0.717) is 18.5 Å². The van der Waals surface area contributed by atoms with Gasteiger partial charge in [0.05, 0.1) is 15.6 Å². The van der Waals surface area contributed by atoms with Crippen molar-refractivity contribution in [2.24, 2.45) is 0 Å². The van der Waals surface area contributed by atoms with E-state index in [1.165, 1.54) is 18.2 Å². The van der Waals surface area contributed by atoms with Gasteiger partial charge in [-0.05, 0) is 26.1 Å². The van der Waals surface area contributed by atoms with Crippen molar-refractivity contribution in [3.8, 4) is 0 Å². The summed E-state index contributed by atoms with van der Waals surface area (Å²) in [5.74, 6) is -0.166. The molecule has 0 atom stereocenters. The first-order valence-electron chi connectivity index (χ1n) is 5.43. The fraction of sp³-hybridized carbons (Fsp3) is 0.364. The first kappa shape index (κ1) is 14.4. The second-order valence-electron chi connectivity index (χ2n) is 3.68. The summed E-state index contributed by atoms with van der Waals surface area (Å²) in [7, 11) is 1.81. The van der Waals surface area contributed by atoms with Crippen LogP contribution in [-0.4, -0.2) is 24.4 Å². The molecule has 1 aromatic rings. The van der Waals surface area contributed by atoms with Crippen molar-refractivity contribution in [1.29, 1.82) is 0 Å². The lowest BCUT2D eigenvalue weighted by Gasteiger charge is -2.06. The normalized spacial score (nSPS) is 10.1. The van der Waals surface area contributed by atoms with E-state index in [1.807, 2.05) is 7.05 Å². The highest BCUT2D eigenvalue weighted by atomic mass is 35.5. The molecule has 0 aliphatic carbocycles. The van der Waals surface area contributed by atoms with Crippen molar-refractivity contribution in [1.82, 2.24) is 5.32 Å². The Morgan fingerprint density at radius 2 is 2.22 bits per heavy atom. The van der Waals surface area contributed by atoms with Crippen LogP contribution in [0.4, 0.5) is 11.4 Å². The average molecular weight is 272 g/mol. The number of rotatable bonds is 6. The third-order valence-electron chi connectivity index (χ3n) is 2.27. The van der Waals surface area contributed by atoms with Crippen LogP contribution in [0.2, 0.25) is 5.02 Å². The Kier molecular flexibility index (Phi) is 5.54. The van der Waals surface area contributed by atoms with Gasteiger partial charge >= 0.3 is 0 Å². The van der Waals surface area contributed by atoms with E-state index in [2.05, 4.69) is 10.6 Å². The van der Waals surface area contributed by atoms with Crippen molar-refractivity contribution in [3.63, 3.8) is 0 Å². The molecule has 2 N–H and O–H groups in total. The van der Waals surface area contributed by atoms with Crippen molar-refractivity contribution >= 4 is 28.9 Å². The summed E-state index contributed by atoms with van der Waals surface area (Å²) < 4.78 is 0. The molecule has 0 aliphatic rings. The monoisotopic (exact) mass is 271 g/mol. The quantitative estimate of drug-likeness (QED) is 0.472. The largest absolute Gasteiger partial charge is 0.325 e. The number of hydrogen-bond acceptors (Lipinski definition) is 4. The number of nitrogens with one attached hydrogen (secondary N) is 2. The molecule has 18 heavy (non-hydrogen) atoms. The third-order valence-corrected chi connectivity index (χ3v) is 2.58. The summed E-state index contributed by atoms with van der Waals surface area (Å²) in [6, 6.07) is 3.94. The van der Waals surface area contributed by atoms with E-state index < -0.39 is 4.92 Å². The summed E-state index contributed by atoms with van der Waals surface area (Å²) >= 11 is 5.85. The van der Waals surface area contributed by atoms with Crippen LogP contribution < -0.4 is 10.6 Å². The molecule has 0 heterocycles. The molecule has 0 bridgehead atoms. The van der Waals surface area contributed by atoms with Gasteiger partial charge in [-0.15, -0.1) is 0 Å². The van der Waals surface area contributed by atoms with Gasteiger partial charge in [-0.1, -0.05) is 11.6 Å². The Morgan fingerprint density at radius 1 is 1.50 bits per heavy atom. The Bertz CT molecular complexity index is 451. The number of amides is 1. The lowest BCUT2D eigenvalue weighted by Crippen LogP contribution is -2.15. The molecule has 6 nitrogen and oxygen atoms in total. The molecule has 0 saturated heterocycles. The lowest BCUT2D eigenvalue weighted by molar-refractivity contribution is -0.384. The number of halogens is 1. The molecular formula is C11H14ClN3O3. The molecule has 0 saturated carbocycles. The summed E-state index contributed by atoms with van der Waals surface area (Å²) in [6.07, 6.45) is 1.08. The maximum Gasteiger partial charge on any atom is 0.271 e. The topological polar surface area (TPSA) is 84.3 Å². The van der Waals surface area contributed by atoms with Gasteiger partial charge in [-0.25, -0.2) is 0 Å². The third kappa shape index (κ3) is 4.31.